The van der Waals surface area contributed by atoms with Crippen LogP contribution in [-0.4, -0.2) is 74.8 Å². The quantitative estimate of drug-likeness (QED) is 0.210. The first-order valence-electron chi connectivity index (χ1n) is 16.9. The Kier molecular flexibility index (Phi) is 9.47. The maximum absolute atomic E-state index is 12.8. The number of hydrogen-bond donors (Lipinski definition) is 1. The molecule has 5 aromatic rings. The molecule has 0 bridgehead atoms. The number of anilines is 2. The number of ether oxygens (including phenoxy) is 3. The lowest BCUT2D eigenvalue weighted by Crippen LogP contribution is -2.46. The summed E-state index contributed by atoms with van der Waals surface area (Å²) in [6.07, 6.45) is 5.45. The van der Waals surface area contributed by atoms with Gasteiger partial charge in [0.2, 0.25) is 5.79 Å². The third-order valence-electron chi connectivity index (χ3n) is 9.42. The van der Waals surface area contributed by atoms with Gasteiger partial charge in [-0.3, -0.25) is 0 Å². The number of nitrogens with two attached hydrogens (primary N) is 1. The SMILES string of the molecule is CCC(C)n1ncn(-c2ccc(N3CCN(c4ccc(OC[C@@H]5CO[C@@](Cn6nccn6)(c6ccccc6)O5)c(CN)c4)CC3)cc2)c1=O. The van der Waals surface area contributed by atoms with Gasteiger partial charge in [0.15, 0.2) is 0 Å². The molecule has 1 unspecified atom stereocenters. The van der Waals surface area contributed by atoms with Crippen LogP contribution in [0, 0.1) is 0 Å². The van der Waals surface area contributed by atoms with E-state index in [1.165, 1.54) is 0 Å². The Labute approximate surface area is 285 Å². The smallest absolute Gasteiger partial charge is 0.350 e. The van der Waals surface area contributed by atoms with Crippen molar-refractivity contribution in [3.8, 4) is 11.4 Å². The normalized spacial score (nSPS) is 20.1. The molecule has 3 atom stereocenters. The van der Waals surface area contributed by atoms with E-state index in [1.54, 1.807) is 32.8 Å². The second-order valence-electron chi connectivity index (χ2n) is 12.5. The number of benzene rings is 3. The topological polar surface area (TPSA) is 131 Å². The van der Waals surface area contributed by atoms with Gasteiger partial charge in [0, 0.05) is 55.2 Å². The van der Waals surface area contributed by atoms with E-state index >= 15 is 0 Å². The third kappa shape index (κ3) is 6.82. The summed E-state index contributed by atoms with van der Waals surface area (Å²) in [6, 6.07) is 24.3. The van der Waals surface area contributed by atoms with Gasteiger partial charge >= 0.3 is 5.69 Å². The minimum Gasteiger partial charge on any atom is -0.490 e. The van der Waals surface area contributed by atoms with Crippen LogP contribution in [0.2, 0.25) is 0 Å². The van der Waals surface area contributed by atoms with Gasteiger partial charge < -0.3 is 29.7 Å². The maximum atomic E-state index is 12.8. The van der Waals surface area contributed by atoms with Crippen molar-refractivity contribution in [2.45, 2.75) is 51.3 Å². The molecule has 0 saturated carbocycles. The predicted octanol–water partition coefficient (Wildman–Crippen LogP) is 3.73. The molecule has 3 aromatic carbocycles. The third-order valence-corrected chi connectivity index (χ3v) is 9.42. The van der Waals surface area contributed by atoms with Crippen LogP contribution in [0.4, 0.5) is 11.4 Å². The lowest BCUT2D eigenvalue weighted by Gasteiger charge is -2.37. The van der Waals surface area contributed by atoms with Gasteiger partial charge in [-0.25, -0.2) is 14.0 Å². The highest BCUT2D eigenvalue weighted by Crippen LogP contribution is 2.36. The van der Waals surface area contributed by atoms with Crippen LogP contribution in [0.1, 0.15) is 37.4 Å². The van der Waals surface area contributed by atoms with E-state index in [9.17, 15) is 4.79 Å². The molecule has 2 N–H and O–H groups in total. The van der Waals surface area contributed by atoms with Crippen molar-refractivity contribution >= 4 is 11.4 Å². The summed E-state index contributed by atoms with van der Waals surface area (Å²) >= 11 is 0. The van der Waals surface area contributed by atoms with Crippen molar-refractivity contribution in [3.05, 3.63) is 113 Å². The second-order valence-corrected chi connectivity index (χ2v) is 12.5. The van der Waals surface area contributed by atoms with Crippen LogP contribution in [0.25, 0.3) is 5.69 Å². The molecule has 0 aliphatic carbocycles. The van der Waals surface area contributed by atoms with Crippen molar-refractivity contribution < 1.29 is 14.2 Å². The first-order valence-corrected chi connectivity index (χ1v) is 16.9. The molecule has 2 aromatic heterocycles. The van der Waals surface area contributed by atoms with Crippen molar-refractivity contribution in [2.24, 2.45) is 5.73 Å². The Hall–Kier alpha value is -4.98. The van der Waals surface area contributed by atoms with Crippen molar-refractivity contribution in [1.29, 1.82) is 0 Å². The predicted molar refractivity (Wildman–Crippen MR) is 186 cm³/mol. The van der Waals surface area contributed by atoms with E-state index in [-0.39, 0.29) is 17.8 Å². The highest BCUT2D eigenvalue weighted by Gasteiger charge is 2.44. The van der Waals surface area contributed by atoms with Gasteiger partial charge in [-0.05, 0) is 55.8 Å². The van der Waals surface area contributed by atoms with E-state index in [1.807, 2.05) is 62.4 Å². The minimum atomic E-state index is -1.00. The summed E-state index contributed by atoms with van der Waals surface area (Å²) in [4.78, 5) is 19.2. The van der Waals surface area contributed by atoms with Crippen molar-refractivity contribution in [3.63, 3.8) is 0 Å². The van der Waals surface area contributed by atoms with Crippen LogP contribution in [0.5, 0.6) is 5.75 Å². The molecule has 2 aliphatic heterocycles. The van der Waals surface area contributed by atoms with Gasteiger partial charge in [0.05, 0.1) is 30.7 Å². The Bertz CT molecular complexity index is 1870. The van der Waals surface area contributed by atoms with Gasteiger partial charge in [-0.2, -0.15) is 20.1 Å². The Morgan fingerprint density at radius 2 is 1.59 bits per heavy atom. The van der Waals surface area contributed by atoms with E-state index in [2.05, 4.69) is 49.4 Å². The van der Waals surface area contributed by atoms with Crippen LogP contribution >= 0.6 is 0 Å². The zero-order chi connectivity index (χ0) is 33.8. The lowest BCUT2D eigenvalue weighted by atomic mass is 10.1. The number of nitrogens with zero attached hydrogens (tertiary/aromatic N) is 8. The van der Waals surface area contributed by atoms with Crippen LogP contribution in [-0.2, 0) is 28.4 Å². The average molecular weight is 666 g/mol. The van der Waals surface area contributed by atoms with Gasteiger partial charge in [0.25, 0.3) is 0 Å². The molecular formula is C36H43N9O4. The first kappa shape index (κ1) is 32.6. The summed E-state index contributed by atoms with van der Waals surface area (Å²) in [5, 5.41) is 12.8. The zero-order valence-electron chi connectivity index (χ0n) is 28.0. The summed E-state index contributed by atoms with van der Waals surface area (Å²) < 4.78 is 22.2. The highest BCUT2D eigenvalue weighted by atomic mass is 16.8. The molecule has 0 spiro atoms. The lowest BCUT2D eigenvalue weighted by molar-refractivity contribution is -0.192. The van der Waals surface area contributed by atoms with E-state index in [0.717, 1.165) is 66.5 Å². The molecule has 256 valence electrons. The Balaban J connectivity index is 0.953. The Morgan fingerprint density at radius 1 is 0.918 bits per heavy atom. The molecule has 7 rings (SSSR count). The standard InChI is InChI=1S/C36H43N9O4/c1-3-27(2)45-35(46)43(26-40-45)31-11-9-30(10-12-31)41-17-19-42(20-18-41)32-13-14-34(28(21-32)22-37)47-23-33-24-48-36(49-33,25-44-38-15-16-39-44)29-7-5-4-6-8-29/h4-16,21,26-27,33H,3,17-20,22-25,37H2,1-2H3/t27?,33-,36-/m1/s1. The van der Waals surface area contributed by atoms with Gasteiger partial charge in [-0.1, -0.05) is 37.3 Å². The number of rotatable bonds is 12. The first-order chi connectivity index (χ1) is 24.0. The summed E-state index contributed by atoms with van der Waals surface area (Å²) in [7, 11) is 0. The monoisotopic (exact) mass is 665 g/mol. The van der Waals surface area contributed by atoms with E-state index in [4.69, 9.17) is 19.9 Å². The molecule has 13 nitrogen and oxygen atoms in total. The molecular weight excluding hydrogens is 622 g/mol. The van der Waals surface area contributed by atoms with E-state index < -0.39 is 5.79 Å². The van der Waals surface area contributed by atoms with Crippen LogP contribution in [0.15, 0.2) is 96.3 Å². The summed E-state index contributed by atoms with van der Waals surface area (Å²) in [6.45, 7) is 8.91. The highest BCUT2D eigenvalue weighted by molar-refractivity contribution is 5.56. The van der Waals surface area contributed by atoms with Crippen LogP contribution < -0.4 is 26.0 Å². The van der Waals surface area contributed by atoms with Gasteiger partial charge in [0.1, 0.15) is 31.3 Å². The molecule has 4 heterocycles. The molecule has 13 heteroatoms. The van der Waals surface area contributed by atoms with Crippen LogP contribution in [0.3, 0.4) is 0 Å². The molecule has 2 saturated heterocycles. The fourth-order valence-corrected chi connectivity index (χ4v) is 6.44. The fraction of sp³-hybridized carbons (Fsp3) is 0.389. The number of piperazine rings is 1. The average Bonchev–Trinajstić information content (AvgIpc) is 3.92. The largest absolute Gasteiger partial charge is 0.490 e. The summed E-state index contributed by atoms with van der Waals surface area (Å²) in [5.41, 5.74) is 11.0. The molecule has 0 radical (unpaired) electrons. The second kappa shape index (κ2) is 14.2. The van der Waals surface area contributed by atoms with Crippen molar-refractivity contribution in [1.82, 2.24) is 29.3 Å². The fourth-order valence-electron chi connectivity index (χ4n) is 6.44. The van der Waals surface area contributed by atoms with E-state index in [0.29, 0.717) is 26.3 Å². The number of hydrogen-bond acceptors (Lipinski definition) is 10. The maximum Gasteiger partial charge on any atom is 0.350 e. The zero-order valence-corrected chi connectivity index (χ0v) is 28.0. The molecule has 2 fully saturated rings. The Morgan fingerprint density at radius 3 is 2.29 bits per heavy atom. The minimum absolute atomic E-state index is 0.0637. The van der Waals surface area contributed by atoms with Gasteiger partial charge in [-0.15, -0.1) is 0 Å². The molecule has 0 amide bonds. The number of aromatic nitrogens is 6. The molecule has 2 aliphatic rings. The molecule has 49 heavy (non-hydrogen) atoms. The van der Waals surface area contributed by atoms with Crippen molar-refractivity contribution in [2.75, 3.05) is 49.2 Å². The summed E-state index contributed by atoms with van der Waals surface area (Å²) in [5.74, 6) is -0.260.